The maximum atomic E-state index is 12.8. The molecule has 0 unspecified atom stereocenters. The van der Waals surface area contributed by atoms with Crippen LogP contribution in [0, 0.1) is 0 Å². The Morgan fingerprint density at radius 2 is 2.00 bits per heavy atom. The van der Waals surface area contributed by atoms with E-state index in [1.807, 2.05) is 0 Å². The smallest absolute Gasteiger partial charge is 0.278 e. The molecule has 1 aliphatic heterocycles. The second-order valence-corrected chi connectivity index (χ2v) is 4.89. The number of rotatable bonds is 1. The topological polar surface area (TPSA) is 57.6 Å². The molecule has 0 spiro atoms. The van der Waals surface area contributed by atoms with E-state index in [0.29, 0.717) is 17.2 Å². The van der Waals surface area contributed by atoms with Crippen molar-refractivity contribution in [2.24, 2.45) is 4.99 Å². The molecule has 24 heavy (non-hydrogen) atoms. The van der Waals surface area contributed by atoms with Gasteiger partial charge in [0.05, 0.1) is 17.4 Å². The SMILES string of the molecule is CC1=Nc2cnccc2N(C(=O)c2cccc(C(F)(F)F)c2)N1.Cl. The van der Waals surface area contributed by atoms with Gasteiger partial charge in [-0.05, 0) is 31.2 Å². The third-order valence-corrected chi connectivity index (χ3v) is 3.22. The van der Waals surface area contributed by atoms with E-state index in [9.17, 15) is 18.0 Å². The van der Waals surface area contributed by atoms with Gasteiger partial charge >= 0.3 is 6.18 Å². The molecule has 0 fully saturated rings. The van der Waals surface area contributed by atoms with Gasteiger partial charge in [0.25, 0.3) is 5.91 Å². The Labute approximate surface area is 141 Å². The van der Waals surface area contributed by atoms with Crippen molar-refractivity contribution in [2.75, 3.05) is 5.01 Å². The lowest BCUT2D eigenvalue weighted by atomic mass is 10.1. The molecule has 0 saturated carbocycles. The molecule has 0 atom stereocenters. The quantitative estimate of drug-likeness (QED) is 0.847. The summed E-state index contributed by atoms with van der Waals surface area (Å²) in [6, 6.07) is 5.84. The number of alkyl halides is 3. The molecule has 1 aromatic carbocycles. The summed E-state index contributed by atoms with van der Waals surface area (Å²) in [7, 11) is 0. The zero-order valence-corrected chi connectivity index (χ0v) is 13.1. The first-order valence-corrected chi connectivity index (χ1v) is 6.64. The number of carbonyl (C=O) groups is 1. The van der Waals surface area contributed by atoms with Crippen molar-refractivity contribution in [1.29, 1.82) is 0 Å². The fourth-order valence-electron chi connectivity index (χ4n) is 2.20. The first-order valence-electron chi connectivity index (χ1n) is 6.64. The fraction of sp³-hybridized carbons (Fsp3) is 0.133. The minimum Gasteiger partial charge on any atom is -0.278 e. The standard InChI is InChI=1S/C15H11F3N4O.ClH/c1-9-20-12-8-19-6-5-13(12)22(21-9)14(23)10-3-2-4-11(7-10)15(16,17)18;/h2-8H,1H3,(H,20,21);1H. The molecule has 0 bridgehead atoms. The van der Waals surface area contributed by atoms with E-state index in [2.05, 4.69) is 15.4 Å². The molecule has 0 radical (unpaired) electrons. The molecule has 1 N–H and O–H groups in total. The van der Waals surface area contributed by atoms with Gasteiger partial charge in [0.15, 0.2) is 0 Å². The van der Waals surface area contributed by atoms with Gasteiger partial charge in [0.2, 0.25) is 0 Å². The summed E-state index contributed by atoms with van der Waals surface area (Å²) in [5, 5.41) is 1.16. The highest BCUT2D eigenvalue weighted by atomic mass is 35.5. The fourth-order valence-corrected chi connectivity index (χ4v) is 2.20. The number of aromatic nitrogens is 1. The third-order valence-electron chi connectivity index (χ3n) is 3.22. The summed E-state index contributed by atoms with van der Waals surface area (Å²) in [5.41, 5.74) is 2.69. The number of amides is 1. The van der Waals surface area contributed by atoms with Gasteiger partial charge in [-0.3, -0.25) is 15.2 Å². The number of carbonyl (C=O) groups excluding carboxylic acids is 1. The van der Waals surface area contributed by atoms with Crippen molar-refractivity contribution in [3.05, 3.63) is 53.9 Å². The molecule has 126 valence electrons. The maximum absolute atomic E-state index is 12.8. The van der Waals surface area contributed by atoms with Crippen LogP contribution in [-0.4, -0.2) is 16.7 Å². The normalized spacial score (nSPS) is 13.3. The second kappa shape index (κ2) is 6.48. The largest absolute Gasteiger partial charge is 0.416 e. The number of hydrogen-bond acceptors (Lipinski definition) is 4. The molecule has 0 saturated heterocycles. The van der Waals surface area contributed by atoms with Crippen molar-refractivity contribution in [3.63, 3.8) is 0 Å². The van der Waals surface area contributed by atoms with Crippen molar-refractivity contribution >= 4 is 35.5 Å². The molecule has 1 aliphatic rings. The lowest BCUT2D eigenvalue weighted by molar-refractivity contribution is -0.137. The highest BCUT2D eigenvalue weighted by Gasteiger charge is 2.32. The van der Waals surface area contributed by atoms with Crippen LogP contribution in [0.4, 0.5) is 24.5 Å². The van der Waals surface area contributed by atoms with E-state index in [-0.39, 0.29) is 18.0 Å². The number of halogens is 4. The van der Waals surface area contributed by atoms with Crippen LogP contribution in [0.15, 0.2) is 47.7 Å². The maximum Gasteiger partial charge on any atom is 0.416 e. The number of pyridine rings is 1. The minimum atomic E-state index is -4.51. The number of nitrogens with one attached hydrogen (secondary N) is 1. The van der Waals surface area contributed by atoms with Gasteiger partial charge in [-0.15, -0.1) is 12.4 Å². The van der Waals surface area contributed by atoms with Gasteiger partial charge in [-0.2, -0.15) is 13.2 Å². The molecule has 5 nitrogen and oxygen atoms in total. The third kappa shape index (κ3) is 3.33. The Bertz CT molecular complexity index is 807. The average molecular weight is 357 g/mol. The zero-order valence-electron chi connectivity index (χ0n) is 12.3. The Kier molecular flexibility index (Phi) is 4.79. The number of fused-ring (bicyclic) bond motifs is 1. The molecular weight excluding hydrogens is 345 g/mol. The predicted molar refractivity (Wildman–Crippen MR) is 85.6 cm³/mol. The Hall–Kier alpha value is -2.61. The van der Waals surface area contributed by atoms with Crippen LogP contribution in [0.25, 0.3) is 0 Å². The molecule has 1 amide bonds. The van der Waals surface area contributed by atoms with E-state index < -0.39 is 17.6 Å². The summed E-state index contributed by atoms with van der Waals surface area (Å²) in [4.78, 5) is 20.7. The van der Waals surface area contributed by atoms with Gasteiger partial charge < -0.3 is 0 Å². The van der Waals surface area contributed by atoms with Crippen molar-refractivity contribution < 1.29 is 18.0 Å². The van der Waals surface area contributed by atoms with Crippen molar-refractivity contribution in [3.8, 4) is 0 Å². The summed E-state index contributed by atoms with van der Waals surface area (Å²) in [6.07, 6.45) is -1.56. The van der Waals surface area contributed by atoms with Crippen LogP contribution in [0.5, 0.6) is 0 Å². The van der Waals surface area contributed by atoms with Crippen molar-refractivity contribution in [2.45, 2.75) is 13.1 Å². The highest BCUT2D eigenvalue weighted by molar-refractivity contribution is 6.10. The molecule has 1 aromatic heterocycles. The monoisotopic (exact) mass is 356 g/mol. The molecule has 9 heteroatoms. The Morgan fingerprint density at radius 3 is 2.71 bits per heavy atom. The summed E-state index contributed by atoms with van der Waals surface area (Å²) < 4.78 is 38.4. The van der Waals surface area contributed by atoms with E-state index in [1.54, 1.807) is 13.0 Å². The van der Waals surface area contributed by atoms with Crippen LogP contribution in [0.2, 0.25) is 0 Å². The second-order valence-electron chi connectivity index (χ2n) is 4.89. The zero-order chi connectivity index (χ0) is 16.6. The average Bonchev–Trinajstić information content (AvgIpc) is 2.52. The molecular formula is C15H12ClF3N4O. The number of hydrazine groups is 1. The van der Waals surface area contributed by atoms with Gasteiger partial charge in [0, 0.05) is 11.8 Å². The number of amidine groups is 1. The minimum absolute atomic E-state index is 0. The number of hydrogen-bond donors (Lipinski definition) is 1. The Balaban J connectivity index is 0.00000208. The van der Waals surface area contributed by atoms with Gasteiger partial charge in [-0.25, -0.2) is 10.0 Å². The number of anilines is 1. The number of nitrogens with zero attached hydrogens (tertiary/aromatic N) is 3. The molecule has 2 heterocycles. The predicted octanol–water partition coefficient (Wildman–Crippen LogP) is 3.74. The van der Waals surface area contributed by atoms with Crippen LogP contribution in [-0.2, 0) is 6.18 Å². The highest BCUT2D eigenvalue weighted by Crippen LogP contribution is 2.32. The van der Waals surface area contributed by atoms with E-state index >= 15 is 0 Å². The van der Waals surface area contributed by atoms with Crippen LogP contribution < -0.4 is 10.4 Å². The molecule has 3 rings (SSSR count). The number of aliphatic imine (C=N–C) groups is 1. The van der Waals surface area contributed by atoms with Crippen molar-refractivity contribution in [1.82, 2.24) is 10.4 Å². The van der Waals surface area contributed by atoms with Crippen LogP contribution >= 0.6 is 12.4 Å². The van der Waals surface area contributed by atoms with E-state index in [4.69, 9.17) is 0 Å². The first kappa shape index (κ1) is 17.7. The van der Waals surface area contributed by atoms with E-state index in [0.717, 1.165) is 17.1 Å². The lowest BCUT2D eigenvalue weighted by Crippen LogP contribution is -2.47. The Morgan fingerprint density at radius 1 is 1.25 bits per heavy atom. The lowest BCUT2D eigenvalue weighted by Gasteiger charge is -2.28. The van der Waals surface area contributed by atoms with Crippen LogP contribution in [0.1, 0.15) is 22.8 Å². The summed E-state index contributed by atoms with van der Waals surface area (Å²) in [6.45, 7) is 1.64. The van der Waals surface area contributed by atoms with E-state index in [1.165, 1.54) is 24.5 Å². The number of benzene rings is 1. The van der Waals surface area contributed by atoms with Gasteiger partial charge in [0.1, 0.15) is 11.5 Å². The molecule has 0 aliphatic carbocycles. The summed E-state index contributed by atoms with van der Waals surface area (Å²) >= 11 is 0. The molecule has 2 aromatic rings. The van der Waals surface area contributed by atoms with Gasteiger partial charge in [-0.1, -0.05) is 6.07 Å². The first-order chi connectivity index (χ1) is 10.9. The van der Waals surface area contributed by atoms with Crippen LogP contribution in [0.3, 0.4) is 0 Å². The summed E-state index contributed by atoms with van der Waals surface area (Å²) in [5.74, 6) is -0.177.